The molecule has 3 heterocycles. The second kappa shape index (κ2) is 8.41. The van der Waals surface area contributed by atoms with Crippen LogP contribution in [0.4, 0.5) is 10.6 Å². The van der Waals surface area contributed by atoms with E-state index in [9.17, 15) is 4.79 Å². The second-order valence-electron chi connectivity index (χ2n) is 9.24. The van der Waals surface area contributed by atoms with E-state index >= 15 is 0 Å². The largest absolute Gasteiger partial charge is 0.354 e. The van der Waals surface area contributed by atoms with E-state index in [1.54, 1.807) is 0 Å². The molecular weight excluding hydrogens is 402 g/mol. The van der Waals surface area contributed by atoms with Gasteiger partial charge in [0.05, 0.1) is 17.3 Å². The Hall–Kier alpha value is -3.16. The van der Waals surface area contributed by atoms with E-state index in [0.29, 0.717) is 12.5 Å². The van der Waals surface area contributed by atoms with Gasteiger partial charge in [-0.15, -0.1) is 0 Å². The van der Waals surface area contributed by atoms with Crippen LogP contribution < -0.4 is 10.2 Å². The number of nitrogens with one attached hydrogen (secondary N) is 1. The monoisotopic (exact) mass is 433 g/mol. The Kier molecular flexibility index (Phi) is 5.45. The molecule has 1 aliphatic heterocycles. The summed E-state index contributed by atoms with van der Waals surface area (Å²) in [4.78, 5) is 26.7. The Bertz CT molecular complexity index is 1120. The van der Waals surface area contributed by atoms with Gasteiger partial charge in [0.25, 0.3) is 0 Å². The molecule has 0 radical (unpaired) electrons. The Morgan fingerprint density at radius 1 is 1.06 bits per heavy atom. The maximum absolute atomic E-state index is 12.5. The summed E-state index contributed by atoms with van der Waals surface area (Å²) in [6.07, 6.45) is 5.08. The highest BCUT2D eigenvalue weighted by molar-refractivity contribution is 5.88. The Balaban J connectivity index is 1.48. The summed E-state index contributed by atoms with van der Waals surface area (Å²) in [5, 5.41) is 8.66. The highest BCUT2D eigenvalue weighted by Gasteiger charge is 2.30. The number of urea groups is 1. The number of carbonyl (C=O) groups excluding carboxylic acids is 1. The summed E-state index contributed by atoms with van der Waals surface area (Å²) < 4.78 is 1.92. The lowest BCUT2D eigenvalue weighted by molar-refractivity contribution is 0.199. The molecular formula is C24H31N7O. The molecule has 1 saturated heterocycles. The standard InChI is InChI=1S/C24H31N7O/c1-16(2)26-24(32)30-12-4-11-29(13-14-30)22-20-15-25-31(19-9-5-17(3)6-10-19)23(20)28-21(27-22)18-7-8-18/h5-6,9-10,15-16,18H,4,7-8,11-14H2,1-3H3,(H,26,32). The molecule has 1 aliphatic carbocycles. The van der Waals surface area contributed by atoms with Crippen molar-refractivity contribution in [2.45, 2.75) is 52.0 Å². The first kappa shape index (κ1) is 20.7. The molecule has 1 saturated carbocycles. The van der Waals surface area contributed by atoms with Crippen molar-refractivity contribution in [1.29, 1.82) is 0 Å². The summed E-state index contributed by atoms with van der Waals surface area (Å²) in [7, 11) is 0. The van der Waals surface area contributed by atoms with Crippen molar-refractivity contribution >= 4 is 22.9 Å². The Morgan fingerprint density at radius 3 is 2.56 bits per heavy atom. The van der Waals surface area contributed by atoms with Gasteiger partial charge in [-0.25, -0.2) is 19.4 Å². The van der Waals surface area contributed by atoms with E-state index in [1.807, 2.05) is 29.6 Å². The summed E-state index contributed by atoms with van der Waals surface area (Å²) in [6.45, 7) is 9.10. The lowest BCUT2D eigenvalue weighted by atomic mass is 10.2. The van der Waals surface area contributed by atoms with E-state index in [2.05, 4.69) is 46.5 Å². The van der Waals surface area contributed by atoms with Crippen LogP contribution in [-0.2, 0) is 0 Å². The van der Waals surface area contributed by atoms with Gasteiger partial charge in [0.1, 0.15) is 11.6 Å². The van der Waals surface area contributed by atoms with Crippen molar-refractivity contribution in [2.75, 3.05) is 31.1 Å². The van der Waals surface area contributed by atoms with Crippen molar-refractivity contribution in [3.63, 3.8) is 0 Å². The molecule has 1 aromatic carbocycles. The second-order valence-corrected chi connectivity index (χ2v) is 9.24. The van der Waals surface area contributed by atoms with Crippen LogP contribution >= 0.6 is 0 Å². The smallest absolute Gasteiger partial charge is 0.317 e. The molecule has 168 valence electrons. The number of benzene rings is 1. The Labute approximate surface area is 188 Å². The van der Waals surface area contributed by atoms with Crippen LogP contribution in [0.1, 0.15) is 50.4 Å². The van der Waals surface area contributed by atoms with Crippen LogP contribution in [-0.4, -0.2) is 62.9 Å². The van der Waals surface area contributed by atoms with Gasteiger partial charge in [-0.2, -0.15) is 5.10 Å². The molecule has 8 heteroatoms. The first-order chi connectivity index (χ1) is 15.5. The number of carbonyl (C=O) groups is 1. The van der Waals surface area contributed by atoms with Gasteiger partial charge in [0, 0.05) is 38.1 Å². The molecule has 2 amide bonds. The predicted octanol–water partition coefficient (Wildman–Crippen LogP) is 3.63. The zero-order valence-electron chi connectivity index (χ0n) is 19.1. The molecule has 0 bridgehead atoms. The SMILES string of the molecule is Cc1ccc(-n2ncc3c(N4CCCN(C(=O)NC(C)C)CC4)nc(C4CC4)nc32)cc1. The fourth-order valence-electron chi connectivity index (χ4n) is 4.22. The average molecular weight is 434 g/mol. The highest BCUT2D eigenvalue weighted by atomic mass is 16.2. The highest BCUT2D eigenvalue weighted by Crippen LogP contribution is 2.40. The normalized spacial score (nSPS) is 17.1. The maximum atomic E-state index is 12.5. The van der Waals surface area contributed by atoms with Gasteiger partial charge < -0.3 is 15.1 Å². The molecule has 3 aromatic rings. The number of aromatic nitrogens is 4. The van der Waals surface area contributed by atoms with E-state index in [0.717, 1.165) is 67.3 Å². The number of rotatable bonds is 4. The molecule has 32 heavy (non-hydrogen) atoms. The van der Waals surface area contributed by atoms with Crippen LogP contribution in [0.2, 0.25) is 0 Å². The number of hydrogen-bond donors (Lipinski definition) is 1. The number of amides is 2. The summed E-state index contributed by atoms with van der Waals surface area (Å²) in [5.41, 5.74) is 3.08. The zero-order chi connectivity index (χ0) is 22.2. The fraction of sp³-hybridized carbons (Fsp3) is 0.500. The fourth-order valence-corrected chi connectivity index (χ4v) is 4.22. The van der Waals surface area contributed by atoms with Gasteiger partial charge in [-0.3, -0.25) is 0 Å². The molecule has 2 aliphatic rings. The number of aryl methyl sites for hydroxylation is 1. The van der Waals surface area contributed by atoms with E-state index in [4.69, 9.17) is 9.97 Å². The molecule has 5 rings (SSSR count). The first-order valence-electron chi connectivity index (χ1n) is 11.6. The minimum atomic E-state index is 0.0144. The van der Waals surface area contributed by atoms with Crippen molar-refractivity contribution in [1.82, 2.24) is 30.0 Å². The van der Waals surface area contributed by atoms with Crippen LogP contribution in [0.5, 0.6) is 0 Å². The molecule has 8 nitrogen and oxygen atoms in total. The van der Waals surface area contributed by atoms with Crippen molar-refractivity contribution in [2.24, 2.45) is 0 Å². The van der Waals surface area contributed by atoms with E-state index < -0.39 is 0 Å². The molecule has 0 spiro atoms. The van der Waals surface area contributed by atoms with Crippen molar-refractivity contribution in [3.05, 3.63) is 41.9 Å². The molecule has 1 N–H and O–H groups in total. The number of nitrogens with zero attached hydrogens (tertiary/aromatic N) is 6. The minimum Gasteiger partial charge on any atom is -0.354 e. The van der Waals surface area contributed by atoms with Gasteiger partial charge in [-0.1, -0.05) is 17.7 Å². The molecule has 2 fully saturated rings. The predicted molar refractivity (Wildman–Crippen MR) is 125 cm³/mol. The van der Waals surface area contributed by atoms with E-state index in [1.165, 1.54) is 5.56 Å². The lowest BCUT2D eigenvalue weighted by Gasteiger charge is -2.24. The van der Waals surface area contributed by atoms with Gasteiger partial charge in [0.15, 0.2) is 5.65 Å². The minimum absolute atomic E-state index is 0.0144. The quantitative estimate of drug-likeness (QED) is 0.680. The van der Waals surface area contributed by atoms with Crippen LogP contribution in [0, 0.1) is 6.92 Å². The third kappa shape index (κ3) is 4.13. The topological polar surface area (TPSA) is 79.2 Å². The summed E-state index contributed by atoms with van der Waals surface area (Å²) in [6, 6.07) is 8.50. The third-order valence-electron chi connectivity index (χ3n) is 6.14. The van der Waals surface area contributed by atoms with Gasteiger partial charge in [0.2, 0.25) is 0 Å². The average Bonchev–Trinajstić information content (AvgIpc) is 3.57. The zero-order valence-corrected chi connectivity index (χ0v) is 19.1. The molecule has 0 atom stereocenters. The summed E-state index contributed by atoms with van der Waals surface area (Å²) >= 11 is 0. The molecule has 2 aromatic heterocycles. The molecule has 0 unspecified atom stereocenters. The van der Waals surface area contributed by atoms with Crippen LogP contribution in [0.25, 0.3) is 16.7 Å². The number of hydrogen-bond acceptors (Lipinski definition) is 5. The number of anilines is 1. The van der Waals surface area contributed by atoms with Crippen LogP contribution in [0.3, 0.4) is 0 Å². The van der Waals surface area contributed by atoms with E-state index in [-0.39, 0.29) is 12.1 Å². The maximum Gasteiger partial charge on any atom is 0.317 e. The van der Waals surface area contributed by atoms with Gasteiger partial charge >= 0.3 is 6.03 Å². The number of fused-ring (bicyclic) bond motifs is 1. The van der Waals surface area contributed by atoms with Gasteiger partial charge in [-0.05, 0) is 52.2 Å². The Morgan fingerprint density at radius 2 is 1.84 bits per heavy atom. The lowest BCUT2D eigenvalue weighted by Crippen LogP contribution is -2.44. The first-order valence-corrected chi connectivity index (χ1v) is 11.6. The summed E-state index contributed by atoms with van der Waals surface area (Å²) in [5.74, 6) is 2.31. The van der Waals surface area contributed by atoms with Crippen LogP contribution in [0.15, 0.2) is 30.5 Å². The van der Waals surface area contributed by atoms with Crippen molar-refractivity contribution < 1.29 is 4.79 Å². The third-order valence-corrected chi connectivity index (χ3v) is 6.14. The van der Waals surface area contributed by atoms with Crippen molar-refractivity contribution in [3.8, 4) is 5.69 Å².